The third-order valence-electron chi connectivity index (χ3n) is 6.70. The van der Waals surface area contributed by atoms with Crippen molar-refractivity contribution < 1.29 is 4.79 Å². The summed E-state index contributed by atoms with van der Waals surface area (Å²) in [4.78, 5) is 17.4. The molecule has 0 saturated carbocycles. The predicted molar refractivity (Wildman–Crippen MR) is 167 cm³/mol. The summed E-state index contributed by atoms with van der Waals surface area (Å²) >= 11 is 7.47. The van der Waals surface area contributed by atoms with Gasteiger partial charge in [0, 0.05) is 49.9 Å². The topological polar surface area (TPSA) is 71.3 Å². The number of halogens is 1. The van der Waals surface area contributed by atoms with Crippen molar-refractivity contribution in [2.45, 2.75) is 33.6 Å². The fraction of sp³-hybridized carbons (Fsp3) is 0.156. The summed E-state index contributed by atoms with van der Waals surface area (Å²) in [7, 11) is 0. The molecule has 5 rings (SSSR count). The van der Waals surface area contributed by atoms with Gasteiger partial charge in [0.15, 0.2) is 5.13 Å². The molecule has 0 radical (unpaired) electrons. The van der Waals surface area contributed by atoms with Gasteiger partial charge in [0.25, 0.3) is 5.91 Å². The lowest BCUT2D eigenvalue weighted by Crippen LogP contribution is -2.17. The Morgan fingerprint density at radius 2 is 1.70 bits per heavy atom. The van der Waals surface area contributed by atoms with Crippen molar-refractivity contribution in [3.05, 3.63) is 117 Å². The Morgan fingerprint density at radius 1 is 1.00 bits per heavy atom. The van der Waals surface area contributed by atoms with Gasteiger partial charge in [0.05, 0.1) is 11.9 Å². The van der Waals surface area contributed by atoms with E-state index < -0.39 is 0 Å². The maximum Gasteiger partial charge on any atom is 0.271 e. The maximum absolute atomic E-state index is 12.7. The Morgan fingerprint density at radius 3 is 2.38 bits per heavy atom. The largest absolute Gasteiger partial charge is 0.332 e. The van der Waals surface area contributed by atoms with Gasteiger partial charge in [-0.3, -0.25) is 4.79 Å². The van der Waals surface area contributed by atoms with E-state index >= 15 is 0 Å². The van der Waals surface area contributed by atoms with Crippen molar-refractivity contribution >= 4 is 45.9 Å². The number of thiazole rings is 1. The molecule has 5 aromatic rings. The number of benzene rings is 3. The summed E-state index contributed by atoms with van der Waals surface area (Å²) in [6.45, 7) is 8.51. The highest BCUT2D eigenvalue weighted by atomic mass is 35.5. The van der Waals surface area contributed by atoms with Gasteiger partial charge in [-0.05, 0) is 79.9 Å². The van der Waals surface area contributed by atoms with Crippen LogP contribution in [0, 0.1) is 13.8 Å². The lowest BCUT2D eigenvalue weighted by Gasteiger charge is -2.12. The number of aromatic nitrogens is 2. The van der Waals surface area contributed by atoms with E-state index in [1.165, 1.54) is 16.9 Å². The summed E-state index contributed by atoms with van der Waals surface area (Å²) in [5.41, 5.74) is 11.4. The quantitative estimate of drug-likeness (QED) is 0.146. The van der Waals surface area contributed by atoms with Crippen molar-refractivity contribution in [3.63, 3.8) is 0 Å². The zero-order valence-corrected chi connectivity index (χ0v) is 24.3. The molecule has 6 nitrogen and oxygen atoms in total. The second kappa shape index (κ2) is 11.9. The minimum Gasteiger partial charge on any atom is -0.332 e. The number of amides is 1. The molecule has 0 saturated heterocycles. The van der Waals surface area contributed by atoms with Gasteiger partial charge >= 0.3 is 0 Å². The van der Waals surface area contributed by atoms with Crippen molar-refractivity contribution in [2.75, 3.05) is 5.32 Å². The molecule has 2 N–H and O–H groups in total. The molecule has 0 unspecified atom stereocenters. The highest BCUT2D eigenvalue weighted by molar-refractivity contribution is 7.14. The van der Waals surface area contributed by atoms with Crippen molar-refractivity contribution in [1.29, 1.82) is 0 Å². The van der Waals surface area contributed by atoms with Crippen LogP contribution >= 0.6 is 22.9 Å². The Bertz CT molecular complexity index is 1650. The molecule has 2 heterocycles. The third-order valence-corrected chi connectivity index (χ3v) is 7.71. The zero-order chi connectivity index (χ0) is 28.2. The number of nitrogens with zero attached hydrogens (tertiary/aromatic N) is 3. The van der Waals surface area contributed by atoms with Crippen LogP contribution in [-0.2, 0) is 0 Å². The Balaban J connectivity index is 1.21. The first-order chi connectivity index (χ1) is 19.3. The molecule has 0 spiro atoms. The number of aryl methyl sites for hydroxylation is 1. The van der Waals surface area contributed by atoms with Crippen molar-refractivity contribution in [3.8, 4) is 16.9 Å². The summed E-state index contributed by atoms with van der Waals surface area (Å²) in [6, 6.07) is 25.5. The number of hydrogen-bond acceptors (Lipinski definition) is 5. The van der Waals surface area contributed by atoms with Gasteiger partial charge in [-0.2, -0.15) is 5.10 Å². The number of carbonyl (C=O) groups is 1. The molecular formula is C32H30ClN5OS. The van der Waals surface area contributed by atoms with E-state index in [1.807, 2.05) is 41.8 Å². The fourth-order valence-corrected chi connectivity index (χ4v) is 5.33. The van der Waals surface area contributed by atoms with Crippen molar-refractivity contribution in [1.82, 2.24) is 15.0 Å². The van der Waals surface area contributed by atoms with Crippen LogP contribution in [0.2, 0.25) is 5.02 Å². The molecule has 3 aromatic carbocycles. The highest BCUT2D eigenvalue weighted by Crippen LogP contribution is 2.28. The lowest BCUT2D eigenvalue weighted by molar-refractivity contribution is 0.0955. The molecule has 202 valence electrons. The Labute approximate surface area is 243 Å². The van der Waals surface area contributed by atoms with Gasteiger partial charge in [-0.25, -0.2) is 10.4 Å². The fourth-order valence-electron chi connectivity index (χ4n) is 4.46. The number of rotatable bonds is 8. The zero-order valence-electron chi connectivity index (χ0n) is 22.8. The van der Waals surface area contributed by atoms with Gasteiger partial charge in [0.1, 0.15) is 0 Å². The first kappa shape index (κ1) is 27.4. The van der Waals surface area contributed by atoms with Crippen LogP contribution in [0.5, 0.6) is 0 Å². The standard InChI is InChI=1S/C32H30ClN5OS/c1-20(2)23-9-15-29(16-10-23)38-21(3)17-26(22(38)4)18-34-37-31(39)25-7-5-24(6-8-25)30-19-40-32(36-30)35-28-13-11-27(33)12-14-28/h5-20H,1-4H3,(H,35,36)(H,37,39)/b34-18-. The molecule has 0 aliphatic rings. The van der Waals surface area contributed by atoms with Crippen LogP contribution in [0.4, 0.5) is 10.8 Å². The second-order valence-corrected chi connectivity index (χ2v) is 11.1. The van der Waals surface area contributed by atoms with Crippen LogP contribution in [0.25, 0.3) is 16.9 Å². The van der Waals surface area contributed by atoms with E-state index in [0.29, 0.717) is 16.5 Å². The summed E-state index contributed by atoms with van der Waals surface area (Å²) in [6.07, 6.45) is 1.69. The summed E-state index contributed by atoms with van der Waals surface area (Å²) in [5, 5.41) is 11.0. The lowest BCUT2D eigenvalue weighted by atomic mass is 10.0. The van der Waals surface area contributed by atoms with Gasteiger partial charge in [-0.15, -0.1) is 11.3 Å². The van der Waals surface area contributed by atoms with Gasteiger partial charge in [-0.1, -0.05) is 49.7 Å². The smallest absolute Gasteiger partial charge is 0.271 e. The summed E-state index contributed by atoms with van der Waals surface area (Å²) < 4.78 is 2.20. The molecule has 0 fully saturated rings. The van der Waals surface area contributed by atoms with E-state index in [4.69, 9.17) is 11.6 Å². The van der Waals surface area contributed by atoms with Crippen LogP contribution in [0.15, 0.2) is 89.3 Å². The SMILES string of the molecule is Cc1cc(/C=N\NC(=O)c2ccc(-c3csc(Nc4ccc(Cl)cc4)n3)cc2)c(C)n1-c1ccc(C(C)C)cc1. The molecule has 0 aliphatic carbocycles. The molecular weight excluding hydrogens is 538 g/mol. The average molecular weight is 568 g/mol. The molecule has 8 heteroatoms. The van der Waals surface area contributed by atoms with Crippen LogP contribution < -0.4 is 10.7 Å². The predicted octanol–water partition coefficient (Wildman–Crippen LogP) is 8.50. The molecule has 0 atom stereocenters. The maximum atomic E-state index is 12.7. The minimum absolute atomic E-state index is 0.274. The first-order valence-corrected chi connectivity index (χ1v) is 14.3. The number of nitrogens with one attached hydrogen (secondary N) is 2. The average Bonchev–Trinajstić information content (AvgIpc) is 3.53. The molecule has 0 aliphatic heterocycles. The third kappa shape index (κ3) is 6.17. The number of anilines is 2. The molecule has 0 bridgehead atoms. The molecule has 2 aromatic heterocycles. The van der Waals surface area contributed by atoms with Crippen LogP contribution in [0.1, 0.15) is 52.6 Å². The second-order valence-electron chi connectivity index (χ2n) is 9.85. The van der Waals surface area contributed by atoms with E-state index in [1.54, 1.807) is 18.3 Å². The van der Waals surface area contributed by atoms with Crippen LogP contribution in [-0.4, -0.2) is 21.7 Å². The highest BCUT2D eigenvalue weighted by Gasteiger charge is 2.11. The van der Waals surface area contributed by atoms with Gasteiger partial charge < -0.3 is 9.88 Å². The van der Waals surface area contributed by atoms with Gasteiger partial charge in [0.2, 0.25) is 0 Å². The number of hydrogen-bond donors (Lipinski definition) is 2. The van der Waals surface area contributed by atoms with E-state index in [2.05, 4.69) is 83.4 Å². The van der Waals surface area contributed by atoms with Crippen LogP contribution in [0.3, 0.4) is 0 Å². The molecule has 1 amide bonds. The number of carbonyl (C=O) groups excluding carboxylic acids is 1. The van der Waals surface area contributed by atoms with E-state index in [9.17, 15) is 4.79 Å². The van der Waals surface area contributed by atoms with E-state index in [0.717, 1.165) is 44.7 Å². The number of hydrazone groups is 1. The molecule has 40 heavy (non-hydrogen) atoms. The first-order valence-electron chi connectivity index (χ1n) is 13.0. The monoisotopic (exact) mass is 567 g/mol. The summed E-state index contributed by atoms with van der Waals surface area (Å²) in [5.74, 6) is 0.218. The van der Waals surface area contributed by atoms with E-state index in [-0.39, 0.29) is 5.91 Å². The Hall–Kier alpha value is -4.20. The van der Waals surface area contributed by atoms with Crippen molar-refractivity contribution in [2.24, 2.45) is 5.10 Å². The minimum atomic E-state index is -0.274. The normalized spacial score (nSPS) is 11.3. The Kier molecular flexibility index (Phi) is 8.14.